The topological polar surface area (TPSA) is 63.7 Å². The Hall–Kier alpha value is -2.47. The molecule has 6 heteroatoms. The van der Waals surface area contributed by atoms with Crippen LogP contribution in [-0.4, -0.2) is 35.8 Å². The Bertz CT molecular complexity index is 789. The monoisotopic (exact) mass is 343 g/mol. The third-order valence-corrected chi connectivity index (χ3v) is 5.33. The van der Waals surface area contributed by atoms with Gasteiger partial charge in [0.25, 0.3) is 11.8 Å². The number of benzene rings is 1. The van der Waals surface area contributed by atoms with Crippen molar-refractivity contribution in [3.8, 4) is 0 Å². The van der Waals surface area contributed by atoms with Gasteiger partial charge in [0.05, 0.1) is 17.7 Å². The van der Waals surface area contributed by atoms with Crippen LogP contribution in [0.1, 0.15) is 47.8 Å². The third-order valence-electron chi connectivity index (χ3n) is 3.97. The van der Waals surface area contributed by atoms with Crippen molar-refractivity contribution in [1.82, 2.24) is 4.90 Å². The highest BCUT2D eigenvalue weighted by atomic mass is 32.1. The van der Waals surface area contributed by atoms with E-state index in [1.807, 2.05) is 19.9 Å². The quantitative estimate of drug-likeness (QED) is 0.618. The summed E-state index contributed by atoms with van der Waals surface area (Å²) in [7, 11) is 0. The molecular weight excluding hydrogens is 326 g/mol. The summed E-state index contributed by atoms with van der Waals surface area (Å²) in [6, 6.07) is 8.51. The van der Waals surface area contributed by atoms with Gasteiger partial charge in [-0.15, -0.1) is 11.3 Å². The number of imide groups is 1. The zero-order valence-corrected chi connectivity index (χ0v) is 14.3. The molecule has 0 saturated carbocycles. The van der Waals surface area contributed by atoms with E-state index in [1.54, 1.807) is 24.3 Å². The molecule has 2 aromatic rings. The molecule has 3 rings (SSSR count). The Morgan fingerprint density at radius 3 is 2.33 bits per heavy atom. The van der Waals surface area contributed by atoms with Crippen LogP contribution in [0.5, 0.6) is 0 Å². The molecule has 0 radical (unpaired) electrons. The van der Waals surface area contributed by atoms with E-state index in [1.165, 1.54) is 11.3 Å². The minimum atomic E-state index is -0.417. The largest absolute Gasteiger partial charge is 0.460 e. The number of carbonyl (C=O) groups is 3. The summed E-state index contributed by atoms with van der Waals surface area (Å²) in [4.78, 5) is 39.3. The molecule has 1 aromatic carbocycles. The van der Waals surface area contributed by atoms with Gasteiger partial charge in [-0.3, -0.25) is 14.5 Å². The van der Waals surface area contributed by atoms with Gasteiger partial charge in [0, 0.05) is 4.88 Å². The lowest BCUT2D eigenvalue weighted by Gasteiger charge is -2.13. The molecule has 1 aliphatic heterocycles. The number of esters is 1. The SMILES string of the molecule is CCc1sc(C(=O)OCCN2C(=O)c3ccccc3C2=O)cc1C. The second-order valence-corrected chi connectivity index (χ2v) is 6.65. The Kier molecular flexibility index (Phi) is 4.49. The van der Waals surface area contributed by atoms with E-state index in [2.05, 4.69) is 0 Å². The highest BCUT2D eigenvalue weighted by molar-refractivity contribution is 7.14. The number of fused-ring (bicyclic) bond motifs is 1. The smallest absolute Gasteiger partial charge is 0.348 e. The predicted octanol–water partition coefficient (Wildman–Crippen LogP) is 3.07. The maximum absolute atomic E-state index is 12.2. The van der Waals surface area contributed by atoms with Crippen molar-refractivity contribution in [1.29, 1.82) is 0 Å². The molecule has 0 spiro atoms. The van der Waals surface area contributed by atoms with Crippen molar-refractivity contribution < 1.29 is 19.1 Å². The van der Waals surface area contributed by atoms with Crippen molar-refractivity contribution in [2.75, 3.05) is 13.2 Å². The number of rotatable bonds is 5. The molecule has 1 aromatic heterocycles. The van der Waals surface area contributed by atoms with E-state index in [4.69, 9.17) is 4.74 Å². The number of amides is 2. The van der Waals surface area contributed by atoms with Crippen LogP contribution >= 0.6 is 11.3 Å². The van der Waals surface area contributed by atoms with Crippen molar-refractivity contribution in [2.24, 2.45) is 0 Å². The first-order valence-electron chi connectivity index (χ1n) is 7.74. The van der Waals surface area contributed by atoms with E-state index in [9.17, 15) is 14.4 Å². The fraction of sp³-hybridized carbons (Fsp3) is 0.278. The number of thiophene rings is 1. The van der Waals surface area contributed by atoms with Gasteiger partial charge >= 0.3 is 5.97 Å². The maximum Gasteiger partial charge on any atom is 0.348 e. The highest BCUT2D eigenvalue weighted by Crippen LogP contribution is 2.24. The van der Waals surface area contributed by atoms with E-state index in [0.717, 1.165) is 21.8 Å². The lowest BCUT2D eigenvalue weighted by atomic mass is 10.1. The second-order valence-electron chi connectivity index (χ2n) is 5.51. The summed E-state index contributed by atoms with van der Waals surface area (Å²) in [6.07, 6.45) is 0.874. The summed E-state index contributed by atoms with van der Waals surface area (Å²) in [5, 5.41) is 0. The third kappa shape index (κ3) is 2.85. The molecule has 0 unspecified atom stereocenters. The summed E-state index contributed by atoms with van der Waals surface area (Å²) >= 11 is 1.42. The van der Waals surface area contributed by atoms with Gasteiger partial charge in [-0.2, -0.15) is 0 Å². The Morgan fingerprint density at radius 1 is 1.17 bits per heavy atom. The van der Waals surface area contributed by atoms with E-state index in [0.29, 0.717) is 16.0 Å². The van der Waals surface area contributed by atoms with E-state index < -0.39 is 5.97 Å². The van der Waals surface area contributed by atoms with Gasteiger partial charge in [0.15, 0.2) is 0 Å². The Labute approximate surface area is 143 Å². The van der Waals surface area contributed by atoms with Crippen molar-refractivity contribution in [3.63, 3.8) is 0 Å². The molecule has 0 atom stereocenters. The molecular formula is C18H17NO4S. The van der Waals surface area contributed by atoms with Crippen molar-refractivity contribution >= 4 is 29.1 Å². The molecule has 0 fully saturated rings. The fourth-order valence-corrected chi connectivity index (χ4v) is 3.72. The average molecular weight is 343 g/mol. The fourth-order valence-electron chi connectivity index (χ4n) is 2.71. The normalized spacial score (nSPS) is 13.3. The zero-order valence-electron chi connectivity index (χ0n) is 13.5. The van der Waals surface area contributed by atoms with Crippen LogP contribution in [0.4, 0.5) is 0 Å². The molecule has 2 amide bonds. The highest BCUT2D eigenvalue weighted by Gasteiger charge is 2.34. The van der Waals surface area contributed by atoms with Crippen LogP contribution < -0.4 is 0 Å². The number of aryl methyl sites for hydroxylation is 2. The number of nitrogens with zero attached hydrogens (tertiary/aromatic N) is 1. The van der Waals surface area contributed by atoms with Gasteiger partial charge in [0.1, 0.15) is 11.5 Å². The van der Waals surface area contributed by atoms with Crippen LogP contribution in [0.3, 0.4) is 0 Å². The van der Waals surface area contributed by atoms with Crippen molar-refractivity contribution in [3.05, 3.63) is 56.8 Å². The van der Waals surface area contributed by atoms with E-state index >= 15 is 0 Å². The molecule has 124 valence electrons. The van der Waals surface area contributed by atoms with Gasteiger partial charge < -0.3 is 4.74 Å². The minimum absolute atomic E-state index is 0.0112. The Morgan fingerprint density at radius 2 is 1.79 bits per heavy atom. The van der Waals surface area contributed by atoms with Crippen LogP contribution in [0, 0.1) is 6.92 Å². The lowest BCUT2D eigenvalue weighted by molar-refractivity contribution is 0.0424. The second kappa shape index (κ2) is 6.57. The van der Waals surface area contributed by atoms with Gasteiger partial charge in [-0.1, -0.05) is 19.1 Å². The minimum Gasteiger partial charge on any atom is -0.460 e. The number of hydrogen-bond acceptors (Lipinski definition) is 5. The first-order valence-corrected chi connectivity index (χ1v) is 8.56. The molecule has 0 N–H and O–H groups in total. The molecule has 0 bridgehead atoms. The maximum atomic E-state index is 12.2. The van der Waals surface area contributed by atoms with Crippen molar-refractivity contribution in [2.45, 2.75) is 20.3 Å². The van der Waals surface area contributed by atoms with Gasteiger partial charge in [-0.05, 0) is 37.1 Å². The van der Waals surface area contributed by atoms with Gasteiger partial charge in [0.2, 0.25) is 0 Å². The van der Waals surface area contributed by atoms with Crippen LogP contribution in [-0.2, 0) is 11.2 Å². The van der Waals surface area contributed by atoms with Crippen LogP contribution in [0.25, 0.3) is 0 Å². The first-order chi connectivity index (χ1) is 11.5. The summed E-state index contributed by atoms with van der Waals surface area (Å²) < 4.78 is 5.22. The number of hydrogen-bond donors (Lipinski definition) is 0. The molecule has 2 heterocycles. The van der Waals surface area contributed by atoms with E-state index in [-0.39, 0.29) is 25.0 Å². The standard InChI is InChI=1S/C18H17NO4S/c1-3-14-11(2)10-15(24-14)18(22)23-9-8-19-16(20)12-6-4-5-7-13(12)17(19)21/h4-7,10H,3,8-9H2,1-2H3. The van der Waals surface area contributed by atoms with Gasteiger partial charge in [-0.25, -0.2) is 4.79 Å². The predicted molar refractivity (Wildman–Crippen MR) is 90.5 cm³/mol. The summed E-state index contributed by atoms with van der Waals surface area (Å²) in [6.45, 7) is 4.05. The lowest BCUT2D eigenvalue weighted by Crippen LogP contribution is -2.33. The zero-order chi connectivity index (χ0) is 17.3. The molecule has 0 saturated heterocycles. The summed E-state index contributed by atoms with van der Waals surface area (Å²) in [5.74, 6) is -1.10. The van der Waals surface area contributed by atoms with Crippen LogP contribution in [0.2, 0.25) is 0 Å². The number of carbonyl (C=O) groups excluding carboxylic acids is 3. The molecule has 24 heavy (non-hydrogen) atoms. The molecule has 5 nitrogen and oxygen atoms in total. The molecule has 1 aliphatic rings. The summed E-state index contributed by atoms with van der Waals surface area (Å²) in [5.41, 5.74) is 1.88. The number of ether oxygens (including phenoxy) is 1. The average Bonchev–Trinajstić information content (AvgIpc) is 3.08. The Balaban J connectivity index is 1.60. The molecule has 0 aliphatic carbocycles. The first kappa shape index (κ1) is 16.4. The van der Waals surface area contributed by atoms with Crippen LogP contribution in [0.15, 0.2) is 30.3 Å².